The summed E-state index contributed by atoms with van der Waals surface area (Å²) in [5.41, 5.74) is 2.69. The zero-order chi connectivity index (χ0) is 14.7. The molecule has 1 N–H and O–H groups in total. The minimum atomic E-state index is -0.0992. The minimum Gasteiger partial charge on any atom is -0.348 e. The van der Waals surface area contributed by atoms with Gasteiger partial charge in [-0.15, -0.1) is 0 Å². The highest BCUT2D eigenvalue weighted by molar-refractivity contribution is 9.11. The monoisotopic (exact) mass is 399 g/mol. The first-order valence-corrected chi connectivity index (χ1v) is 7.84. The highest BCUT2D eigenvalue weighted by atomic mass is 79.9. The van der Waals surface area contributed by atoms with Crippen LogP contribution in [-0.4, -0.2) is 15.7 Å². The van der Waals surface area contributed by atoms with Crippen LogP contribution in [0.5, 0.6) is 0 Å². The van der Waals surface area contributed by atoms with Gasteiger partial charge in [0.25, 0.3) is 5.91 Å². The number of aromatic nitrogens is 2. The molecular weight excluding hydrogens is 386 g/mol. The number of hydrogen-bond donors (Lipinski definition) is 1. The highest BCUT2D eigenvalue weighted by Crippen LogP contribution is 2.20. The molecule has 0 radical (unpaired) electrons. The van der Waals surface area contributed by atoms with E-state index >= 15 is 0 Å². The lowest BCUT2D eigenvalue weighted by Gasteiger charge is -2.06. The molecule has 0 spiro atoms. The highest BCUT2D eigenvalue weighted by Gasteiger charge is 2.10. The molecule has 106 valence electrons. The van der Waals surface area contributed by atoms with Gasteiger partial charge in [0.2, 0.25) is 0 Å². The van der Waals surface area contributed by atoms with Crippen LogP contribution < -0.4 is 5.32 Å². The van der Waals surface area contributed by atoms with Gasteiger partial charge in [0.1, 0.15) is 0 Å². The molecule has 0 aliphatic heterocycles. The van der Waals surface area contributed by atoms with Crippen LogP contribution in [0.1, 0.15) is 28.5 Å². The largest absolute Gasteiger partial charge is 0.348 e. The molecule has 0 bridgehead atoms. The summed E-state index contributed by atoms with van der Waals surface area (Å²) in [5, 5.41) is 7.28. The number of hydrogen-bond acceptors (Lipinski definition) is 2. The van der Waals surface area contributed by atoms with E-state index in [0.29, 0.717) is 12.1 Å². The molecule has 0 unspecified atom stereocenters. The number of carbonyl (C=O) groups excluding carboxylic acids is 1. The molecule has 2 rings (SSSR count). The molecule has 0 saturated heterocycles. The third-order valence-electron chi connectivity index (χ3n) is 2.89. The van der Waals surface area contributed by atoms with Crippen molar-refractivity contribution in [2.45, 2.75) is 19.9 Å². The maximum absolute atomic E-state index is 12.1. The normalized spacial score (nSPS) is 10.6. The molecule has 0 atom stereocenters. The summed E-state index contributed by atoms with van der Waals surface area (Å²) >= 11 is 6.76. The van der Waals surface area contributed by atoms with E-state index in [9.17, 15) is 4.79 Å². The fourth-order valence-electron chi connectivity index (χ4n) is 1.99. The van der Waals surface area contributed by atoms with Crippen LogP contribution in [-0.2, 0) is 20.0 Å². The zero-order valence-corrected chi connectivity index (χ0v) is 14.5. The van der Waals surface area contributed by atoms with Crippen LogP contribution in [0.15, 0.2) is 33.3 Å². The van der Waals surface area contributed by atoms with Gasteiger partial charge in [-0.3, -0.25) is 9.48 Å². The fourth-order valence-corrected chi connectivity index (χ4v) is 3.29. The van der Waals surface area contributed by atoms with E-state index in [0.717, 1.165) is 26.6 Å². The van der Waals surface area contributed by atoms with Crippen LogP contribution in [0.3, 0.4) is 0 Å². The SMILES string of the molecule is CCc1nn(C)cc1CNC(=O)c1cc(Br)cc(Br)c1. The van der Waals surface area contributed by atoms with Crippen molar-refractivity contribution < 1.29 is 4.79 Å². The Kier molecular flexibility index (Phi) is 4.99. The Morgan fingerprint density at radius 2 is 1.95 bits per heavy atom. The number of halogens is 2. The molecule has 1 aromatic carbocycles. The van der Waals surface area contributed by atoms with Gasteiger partial charge in [0.15, 0.2) is 0 Å². The fraction of sp³-hybridized carbons (Fsp3) is 0.286. The maximum atomic E-state index is 12.1. The van der Waals surface area contributed by atoms with E-state index in [1.807, 2.05) is 19.3 Å². The number of carbonyl (C=O) groups is 1. The van der Waals surface area contributed by atoms with Crippen molar-refractivity contribution in [1.29, 1.82) is 0 Å². The molecule has 0 aliphatic rings. The second-order valence-corrected chi connectivity index (χ2v) is 6.30. The Bertz CT molecular complexity index is 617. The Morgan fingerprint density at radius 3 is 2.55 bits per heavy atom. The van der Waals surface area contributed by atoms with Gasteiger partial charge in [-0.05, 0) is 24.6 Å². The standard InChI is InChI=1S/C14H15Br2N3O/c1-3-13-10(8-19(2)18-13)7-17-14(20)9-4-11(15)6-12(16)5-9/h4-6,8H,3,7H2,1-2H3,(H,17,20). The number of aryl methyl sites for hydroxylation is 2. The first kappa shape index (κ1) is 15.3. The van der Waals surface area contributed by atoms with Crippen LogP contribution in [0.2, 0.25) is 0 Å². The summed E-state index contributed by atoms with van der Waals surface area (Å²) in [6.07, 6.45) is 2.80. The van der Waals surface area contributed by atoms with Crippen molar-refractivity contribution in [2.75, 3.05) is 0 Å². The Labute approximate surface area is 134 Å². The molecule has 1 amide bonds. The number of rotatable bonds is 4. The lowest BCUT2D eigenvalue weighted by atomic mass is 10.2. The van der Waals surface area contributed by atoms with Crippen molar-refractivity contribution >= 4 is 37.8 Å². The van der Waals surface area contributed by atoms with Crippen molar-refractivity contribution in [3.63, 3.8) is 0 Å². The summed E-state index contributed by atoms with van der Waals surface area (Å²) in [4.78, 5) is 12.1. The number of amides is 1. The van der Waals surface area contributed by atoms with Crippen molar-refractivity contribution in [2.24, 2.45) is 7.05 Å². The maximum Gasteiger partial charge on any atom is 0.251 e. The Balaban J connectivity index is 2.08. The molecule has 20 heavy (non-hydrogen) atoms. The van der Waals surface area contributed by atoms with E-state index in [1.165, 1.54) is 0 Å². The molecule has 1 aromatic heterocycles. The van der Waals surface area contributed by atoms with E-state index in [4.69, 9.17) is 0 Å². The second kappa shape index (κ2) is 6.54. The molecule has 0 saturated carbocycles. The van der Waals surface area contributed by atoms with Crippen LogP contribution in [0.25, 0.3) is 0 Å². The molecule has 4 nitrogen and oxygen atoms in total. The van der Waals surface area contributed by atoms with Gasteiger partial charge in [0.05, 0.1) is 5.69 Å². The third-order valence-corrected chi connectivity index (χ3v) is 3.81. The van der Waals surface area contributed by atoms with Gasteiger partial charge in [-0.1, -0.05) is 38.8 Å². The molecule has 0 aliphatic carbocycles. The topological polar surface area (TPSA) is 46.9 Å². The van der Waals surface area contributed by atoms with Gasteiger partial charge in [-0.2, -0.15) is 5.10 Å². The van der Waals surface area contributed by atoms with Crippen LogP contribution in [0, 0.1) is 0 Å². The second-order valence-electron chi connectivity index (χ2n) is 4.47. The van der Waals surface area contributed by atoms with Gasteiger partial charge in [-0.25, -0.2) is 0 Å². The summed E-state index contributed by atoms with van der Waals surface area (Å²) in [6, 6.07) is 5.49. The first-order valence-electron chi connectivity index (χ1n) is 6.25. The Morgan fingerprint density at radius 1 is 1.30 bits per heavy atom. The molecule has 2 aromatic rings. The minimum absolute atomic E-state index is 0.0992. The van der Waals surface area contributed by atoms with Gasteiger partial charge < -0.3 is 5.32 Å². The van der Waals surface area contributed by atoms with Crippen LogP contribution in [0.4, 0.5) is 0 Å². The predicted molar refractivity (Wildman–Crippen MR) is 85.6 cm³/mol. The molecule has 0 fully saturated rings. The smallest absolute Gasteiger partial charge is 0.251 e. The lowest BCUT2D eigenvalue weighted by molar-refractivity contribution is 0.0950. The van der Waals surface area contributed by atoms with Gasteiger partial charge >= 0.3 is 0 Å². The third kappa shape index (κ3) is 3.70. The number of nitrogens with zero attached hydrogens (tertiary/aromatic N) is 2. The number of benzene rings is 1. The van der Waals surface area contributed by atoms with E-state index in [2.05, 4.69) is 49.2 Å². The van der Waals surface area contributed by atoms with Gasteiger partial charge in [0, 0.05) is 39.9 Å². The summed E-state index contributed by atoms with van der Waals surface area (Å²) < 4.78 is 3.51. The first-order chi connectivity index (χ1) is 9.49. The summed E-state index contributed by atoms with van der Waals surface area (Å²) in [6.45, 7) is 2.54. The van der Waals surface area contributed by atoms with E-state index < -0.39 is 0 Å². The zero-order valence-electron chi connectivity index (χ0n) is 11.3. The van der Waals surface area contributed by atoms with Crippen molar-refractivity contribution in [1.82, 2.24) is 15.1 Å². The van der Waals surface area contributed by atoms with Crippen molar-refractivity contribution in [3.8, 4) is 0 Å². The van der Waals surface area contributed by atoms with E-state index in [-0.39, 0.29) is 5.91 Å². The molecular formula is C14H15Br2N3O. The van der Waals surface area contributed by atoms with Crippen LogP contribution >= 0.6 is 31.9 Å². The average molecular weight is 401 g/mol. The van der Waals surface area contributed by atoms with Crippen molar-refractivity contribution in [3.05, 3.63) is 50.2 Å². The predicted octanol–water partition coefficient (Wildman–Crippen LogP) is 3.44. The van der Waals surface area contributed by atoms with E-state index in [1.54, 1.807) is 16.8 Å². The average Bonchev–Trinajstić information content (AvgIpc) is 2.75. The summed E-state index contributed by atoms with van der Waals surface area (Å²) in [7, 11) is 1.88. The Hall–Kier alpha value is -1.14. The lowest BCUT2D eigenvalue weighted by Crippen LogP contribution is -2.23. The quantitative estimate of drug-likeness (QED) is 0.854. The molecule has 6 heteroatoms. The molecule has 1 heterocycles. The number of nitrogens with one attached hydrogen (secondary N) is 1. The summed E-state index contributed by atoms with van der Waals surface area (Å²) in [5.74, 6) is -0.0992.